The topological polar surface area (TPSA) is 744 Å². The lowest BCUT2D eigenvalue weighted by atomic mass is 9.82. The van der Waals surface area contributed by atoms with E-state index in [9.17, 15) is 109 Å². The van der Waals surface area contributed by atoms with Crippen LogP contribution in [0.5, 0.6) is 5.75 Å². The van der Waals surface area contributed by atoms with Gasteiger partial charge in [-0.1, -0.05) is 37.0 Å². The second-order valence-electron chi connectivity index (χ2n) is 34.1. The second kappa shape index (κ2) is 62.6. The molecule has 3 unspecified atom stereocenters. The molecule has 4 fully saturated rings. The van der Waals surface area contributed by atoms with Gasteiger partial charge in [0.25, 0.3) is 5.91 Å². The van der Waals surface area contributed by atoms with Gasteiger partial charge in [-0.3, -0.25) is 62.8 Å². The van der Waals surface area contributed by atoms with Crippen LogP contribution in [0.2, 0.25) is 10.0 Å². The van der Waals surface area contributed by atoms with Crippen LogP contribution in [0.15, 0.2) is 34.7 Å². The number of carbonyl (C=O) groups excluding carboxylic acids is 11. The van der Waals surface area contributed by atoms with Crippen LogP contribution in [0.3, 0.4) is 0 Å². The molecular formula is C88H139Cl2N15O37. The van der Waals surface area contributed by atoms with Gasteiger partial charge in [-0.25, -0.2) is 0 Å². The lowest BCUT2D eigenvalue weighted by molar-refractivity contribution is -0.272. The van der Waals surface area contributed by atoms with E-state index in [-0.39, 0.29) is 201 Å². The number of aliphatic hydroxyl groups is 11. The molecular weight excluding hydrogens is 1930 g/mol. The third-order valence-electron chi connectivity index (χ3n) is 22.9. The third kappa shape index (κ3) is 39.0. The Kier molecular flexibility index (Phi) is 52.8. The van der Waals surface area contributed by atoms with Crippen LogP contribution < -0.4 is 63.6 Å². The molecule has 54 heteroatoms. The van der Waals surface area contributed by atoms with Gasteiger partial charge in [0, 0.05) is 97.0 Å². The largest absolute Gasteiger partial charge is 0.484 e. The zero-order valence-corrected chi connectivity index (χ0v) is 81.6. The molecule has 0 radical (unpaired) electrons. The molecule has 0 spiro atoms. The molecule has 7 rings (SSSR count). The number of aliphatic hydroxyl groups excluding tert-OH is 11. The molecule has 1 aromatic carbocycles. The number of likely N-dealkylation sites (tertiary alicyclic amines) is 1. The molecule has 4 saturated heterocycles. The summed E-state index contributed by atoms with van der Waals surface area (Å²) in [6, 6.07) is 2.78. The Balaban J connectivity index is 0.965. The van der Waals surface area contributed by atoms with Crippen molar-refractivity contribution in [1.82, 2.24) is 67.8 Å². The maximum Gasteiger partial charge on any atom is 0.287 e. The first-order valence-electron chi connectivity index (χ1n) is 46.6. The zero-order valence-electron chi connectivity index (χ0n) is 80.1. The number of piperidine rings is 1. The van der Waals surface area contributed by atoms with Crippen molar-refractivity contribution in [2.24, 2.45) is 18.7 Å². The highest BCUT2D eigenvalue weighted by Crippen LogP contribution is 2.38. The summed E-state index contributed by atoms with van der Waals surface area (Å²) >= 11 is 13.5. The molecule has 10 amide bonds. The number of guanidine groups is 1. The summed E-state index contributed by atoms with van der Waals surface area (Å²) in [5.41, 5.74) is 3.91. The Morgan fingerprint density at radius 2 is 0.979 bits per heavy atom. The fraction of sp³-hybridized carbons (Fsp3) is 0.716. The lowest BCUT2D eigenvalue weighted by Gasteiger charge is -2.42. The lowest BCUT2D eigenvalue weighted by Crippen LogP contribution is -2.67. The van der Waals surface area contributed by atoms with Crippen molar-refractivity contribution in [3.05, 3.63) is 68.8 Å². The average Bonchev–Trinajstić information content (AvgIpc) is 1.75. The molecule has 52 nitrogen and oxygen atoms in total. The number of nitrogens with one attached hydrogen (secondary N) is 11. The molecule has 0 aliphatic carbocycles. The molecule has 0 bridgehead atoms. The summed E-state index contributed by atoms with van der Waals surface area (Å²) in [4.78, 5) is 146. The monoisotopic (exact) mass is 2070 g/mol. The molecule has 0 saturated carbocycles. The first-order valence-corrected chi connectivity index (χ1v) is 47.3. The Bertz CT molecular complexity index is 4350. The Morgan fingerprint density at radius 3 is 1.41 bits per heavy atom. The van der Waals surface area contributed by atoms with Crippen LogP contribution in [0.25, 0.3) is 0 Å². The Labute approximate surface area is 828 Å². The van der Waals surface area contributed by atoms with E-state index in [2.05, 4.69) is 58.3 Å². The summed E-state index contributed by atoms with van der Waals surface area (Å²) in [6.45, 7) is 2.98. The molecule has 802 valence electrons. The molecule has 6 heterocycles. The van der Waals surface area contributed by atoms with Crippen LogP contribution in [0, 0.1) is 11.3 Å². The van der Waals surface area contributed by atoms with Gasteiger partial charge in [-0.15, -0.1) is 0 Å². The van der Waals surface area contributed by atoms with Gasteiger partial charge >= 0.3 is 0 Å². The highest BCUT2D eigenvalue weighted by Gasteiger charge is 2.50. The van der Waals surface area contributed by atoms with Crippen LogP contribution >= 0.6 is 23.2 Å². The van der Waals surface area contributed by atoms with E-state index in [1.54, 1.807) is 22.7 Å². The molecule has 24 N–H and O–H groups in total. The summed E-state index contributed by atoms with van der Waals surface area (Å²) in [6.07, 6.45) is -21.2. The van der Waals surface area contributed by atoms with E-state index >= 15 is 0 Å². The Morgan fingerprint density at radius 1 is 0.542 bits per heavy atom. The Hall–Kier alpha value is -9.23. The first kappa shape index (κ1) is 120. The number of ketones is 1. The fourth-order valence-electron chi connectivity index (χ4n) is 15.5. The number of nitrogens with zero attached hydrogens (tertiary/aromatic N) is 3. The molecule has 142 heavy (non-hydrogen) atoms. The van der Waals surface area contributed by atoms with E-state index in [0.29, 0.717) is 32.4 Å². The fourth-order valence-corrected chi connectivity index (χ4v) is 16.0. The zero-order chi connectivity index (χ0) is 104. The highest BCUT2D eigenvalue weighted by atomic mass is 35.5. The number of nitrogens with two attached hydrogens (primary N) is 1. The van der Waals surface area contributed by atoms with Crippen molar-refractivity contribution < 1.29 is 180 Å². The van der Waals surface area contributed by atoms with Gasteiger partial charge in [-0.2, -0.15) is 5.10 Å². The van der Waals surface area contributed by atoms with E-state index < -0.39 is 240 Å². The van der Waals surface area contributed by atoms with Crippen LogP contribution in [-0.2, 0) is 118 Å². The summed E-state index contributed by atoms with van der Waals surface area (Å²) in [5.74, 6) is -7.48. The van der Waals surface area contributed by atoms with Crippen LogP contribution in [0.1, 0.15) is 130 Å². The highest BCUT2D eigenvalue weighted by molar-refractivity contribution is 6.45. The number of amides is 10. The molecule has 18 atom stereocenters. The number of halogens is 2. The van der Waals surface area contributed by atoms with E-state index in [4.69, 9.17) is 105 Å². The van der Waals surface area contributed by atoms with Crippen molar-refractivity contribution in [3.8, 4) is 5.75 Å². The van der Waals surface area contributed by atoms with Gasteiger partial charge in [-0.05, 0) is 68.4 Å². The van der Waals surface area contributed by atoms with Crippen LogP contribution in [-0.4, -0.2) is 435 Å². The number of furan rings is 1. The minimum absolute atomic E-state index is 0.00385. The molecule has 4 aliphatic rings. The van der Waals surface area contributed by atoms with Crippen molar-refractivity contribution in [2.75, 3.05) is 178 Å². The maximum atomic E-state index is 14.4. The van der Waals surface area contributed by atoms with Gasteiger partial charge in [0.15, 0.2) is 30.6 Å². The van der Waals surface area contributed by atoms with Gasteiger partial charge in [0.1, 0.15) is 113 Å². The average molecular weight is 2070 g/mol. The number of hydrogen-bond acceptors (Lipinski definition) is 39. The number of aryl methyl sites for hydroxylation is 1. The van der Waals surface area contributed by atoms with Crippen molar-refractivity contribution in [3.63, 3.8) is 0 Å². The number of hydrogen-bond donors (Lipinski definition) is 23. The maximum absolute atomic E-state index is 14.4. The SMILES string of the molecule is CC(=O)N[C@H]1[C@H](OCCOCCOCCNC(=O)CCC(O)C(COCCC(=O)NCCOCCOCCOC2O[C@H](CO)[C@H](O)[C@H](O)[C@H]2NC(C)=O)(NC(=O)CNC(=O)c2ccc(COc3ccc(C(=O)c4cc(C5CCN(C(=O)CNC(=O)[C@@H](CC(C)C)NC(=N)N)CC5)n(C)n4)c(Cl)c3Cl)o2)C(O)CCC(=O)NCCOCCOCCO[C@@H]2O[C@H](CO)[C@H](O)[C@H](O)[C@H]2NC(C)=O)O[C@H](CO)[C@H](O)[C@@H]1O. The van der Waals surface area contributed by atoms with Gasteiger partial charge < -0.3 is 191 Å². The van der Waals surface area contributed by atoms with E-state index in [1.165, 1.54) is 45.0 Å². The predicted molar refractivity (Wildman–Crippen MR) is 493 cm³/mol. The quantitative estimate of drug-likeness (QED) is 0.0108. The van der Waals surface area contributed by atoms with Crippen molar-refractivity contribution >= 4 is 94.0 Å². The van der Waals surface area contributed by atoms with Gasteiger partial charge in [0.05, 0.1) is 162 Å². The summed E-state index contributed by atoms with van der Waals surface area (Å²) in [5, 5.41) is 154. The van der Waals surface area contributed by atoms with E-state index in [1.807, 2.05) is 13.8 Å². The van der Waals surface area contributed by atoms with Crippen molar-refractivity contribution in [1.29, 1.82) is 5.41 Å². The van der Waals surface area contributed by atoms with Crippen LogP contribution in [0.4, 0.5) is 0 Å². The van der Waals surface area contributed by atoms with Gasteiger partial charge in [0.2, 0.25) is 58.9 Å². The minimum Gasteiger partial charge on any atom is -0.484 e. The molecule has 3 aromatic rings. The minimum atomic E-state index is -2.36. The number of carbonyl (C=O) groups is 11. The second-order valence-corrected chi connectivity index (χ2v) is 34.9. The van der Waals surface area contributed by atoms with E-state index in [0.717, 1.165) is 5.69 Å². The number of rotatable bonds is 65. The normalized spacial score (nSPS) is 23.0. The standard InChI is InChI=1S/C88H139Cl2N15O37/c1-48(2)39-56(101-87(91)92)82(126)97-42-69(118)105-21-15-52(16-22-105)57-40-55(103-104(57)6)75(119)54-8-10-58(71(90)70(54)89)138-46-53-7-9-59(139-53)83(127)96-41-68(117)102-88(47-134-23-17-67(116)95-20-26-130-29-32-133-35-38-137-86-74(100-51(5)111)81(125)78(122)62(45-108)142-86,63(112)11-13-65(114)93-18-24-128-27-30-131-33-36-135-84-72(98-49(3)109)79(123)76(120)60(43-106)140-84)64(113)12-14-66(115)94-19-25-129-28-31-132-34-37-136-85-73(99-50(4)110)80(124)77(121)61(44-107)141-85/h7-10,40,48,52,56,60-64,72-74,76-81,84-86,106-108,112-113,120-125H,11-39,41-47H2,1-6H3,(H,93,114)(H,94,115)(H,95,116)(H,96,127)(H,97,126)(H,98,109)(H,99,110)(H,100,111)(H,102,117)(H4,91,92,101)/t56-,60-,61-,62-,63?,64?,72-,73-,74-,76+,77+,78+,79-,80-,81-,84-,85-,86?,88?/m1/s1. The number of ether oxygens (including phenoxy) is 14. The summed E-state index contributed by atoms with van der Waals surface area (Å²) in [7, 11) is 1.68. The first-order chi connectivity index (χ1) is 67.8. The summed E-state index contributed by atoms with van der Waals surface area (Å²) < 4.78 is 86.3. The molecule has 2 aromatic heterocycles. The van der Waals surface area contributed by atoms with Crippen molar-refractivity contribution in [2.45, 2.75) is 214 Å². The molecule has 4 aliphatic heterocycles. The smallest absolute Gasteiger partial charge is 0.287 e. The third-order valence-corrected chi connectivity index (χ3v) is 23.8. The number of benzene rings is 1. The predicted octanol–water partition coefficient (Wildman–Crippen LogP) is -7.55. The number of aromatic nitrogens is 2.